The van der Waals surface area contributed by atoms with E-state index in [1.807, 2.05) is 24.3 Å². The number of carbonyl (C=O) groups excluding carboxylic acids is 2. The molecule has 1 aromatic carbocycles. The Balaban J connectivity index is 2.11. The van der Waals surface area contributed by atoms with Gasteiger partial charge in [0.1, 0.15) is 23.5 Å². The molecule has 1 aromatic rings. The molecule has 6 nitrogen and oxygen atoms in total. The lowest BCUT2D eigenvalue weighted by molar-refractivity contribution is -0.145. The molecule has 2 atom stereocenters. The molecule has 1 amide bonds. The zero-order valence-electron chi connectivity index (χ0n) is 14.2. The standard InChI is InChI=1S/C17H22BrNO5/c1-17(2,3)24-16(21)19-10-13(9-14(19)15(20)22-4)23-12-7-5-6-11(18)8-12/h5-8,13-14H,9-10H2,1-4H3. The highest BCUT2D eigenvalue weighted by atomic mass is 79.9. The van der Waals surface area contributed by atoms with Crippen molar-refractivity contribution < 1.29 is 23.8 Å². The molecule has 1 aliphatic heterocycles. The lowest BCUT2D eigenvalue weighted by Crippen LogP contribution is -2.44. The van der Waals surface area contributed by atoms with Crippen molar-refractivity contribution >= 4 is 28.0 Å². The van der Waals surface area contributed by atoms with Gasteiger partial charge in [-0.3, -0.25) is 4.90 Å². The van der Waals surface area contributed by atoms with Gasteiger partial charge in [-0.15, -0.1) is 0 Å². The molecule has 0 N–H and O–H groups in total. The van der Waals surface area contributed by atoms with E-state index in [1.165, 1.54) is 12.0 Å². The Labute approximate surface area is 150 Å². The van der Waals surface area contributed by atoms with Crippen molar-refractivity contribution in [2.45, 2.75) is 44.9 Å². The third-order valence-corrected chi connectivity index (χ3v) is 3.96. The van der Waals surface area contributed by atoms with Crippen molar-refractivity contribution in [2.75, 3.05) is 13.7 Å². The molecule has 0 bridgehead atoms. The van der Waals surface area contributed by atoms with Gasteiger partial charge in [-0.05, 0) is 39.0 Å². The summed E-state index contributed by atoms with van der Waals surface area (Å²) < 4.78 is 17.0. The van der Waals surface area contributed by atoms with Crippen molar-refractivity contribution in [3.63, 3.8) is 0 Å². The van der Waals surface area contributed by atoms with E-state index in [2.05, 4.69) is 15.9 Å². The fourth-order valence-corrected chi connectivity index (χ4v) is 2.88. The minimum Gasteiger partial charge on any atom is -0.488 e. The SMILES string of the molecule is COC(=O)C1CC(Oc2cccc(Br)c2)CN1C(=O)OC(C)(C)C. The van der Waals surface area contributed by atoms with Crippen LogP contribution in [0.4, 0.5) is 4.79 Å². The topological polar surface area (TPSA) is 65.1 Å². The molecule has 24 heavy (non-hydrogen) atoms. The third-order valence-electron chi connectivity index (χ3n) is 3.46. The smallest absolute Gasteiger partial charge is 0.411 e. The van der Waals surface area contributed by atoms with Crippen molar-refractivity contribution in [1.82, 2.24) is 4.90 Å². The van der Waals surface area contributed by atoms with E-state index in [-0.39, 0.29) is 12.6 Å². The second-order valence-electron chi connectivity index (χ2n) is 6.60. The zero-order chi connectivity index (χ0) is 17.9. The van der Waals surface area contributed by atoms with Gasteiger partial charge in [0.2, 0.25) is 0 Å². The van der Waals surface area contributed by atoms with Crippen molar-refractivity contribution in [3.05, 3.63) is 28.7 Å². The molecule has 1 saturated heterocycles. The highest BCUT2D eigenvalue weighted by Gasteiger charge is 2.43. The van der Waals surface area contributed by atoms with Crippen LogP contribution in [0.5, 0.6) is 5.75 Å². The number of nitrogens with zero attached hydrogens (tertiary/aromatic N) is 1. The molecule has 0 radical (unpaired) electrons. The molecule has 0 saturated carbocycles. The summed E-state index contributed by atoms with van der Waals surface area (Å²) in [6.07, 6.45) is -0.493. The second-order valence-corrected chi connectivity index (χ2v) is 7.52. The summed E-state index contributed by atoms with van der Waals surface area (Å²) >= 11 is 3.39. The fraction of sp³-hybridized carbons (Fsp3) is 0.529. The summed E-state index contributed by atoms with van der Waals surface area (Å²) in [6.45, 7) is 5.61. The number of hydrogen-bond acceptors (Lipinski definition) is 5. The number of amides is 1. The third kappa shape index (κ3) is 4.87. The Kier molecular flexibility index (Phi) is 5.74. The molecule has 1 aliphatic rings. The van der Waals surface area contributed by atoms with Crippen molar-refractivity contribution in [3.8, 4) is 5.75 Å². The van der Waals surface area contributed by atoms with E-state index in [4.69, 9.17) is 14.2 Å². The number of methoxy groups -OCH3 is 1. The molecule has 7 heteroatoms. The van der Waals surface area contributed by atoms with Gasteiger partial charge in [0.15, 0.2) is 0 Å². The van der Waals surface area contributed by atoms with Crippen molar-refractivity contribution in [2.24, 2.45) is 0 Å². The lowest BCUT2D eigenvalue weighted by Gasteiger charge is -2.27. The quantitative estimate of drug-likeness (QED) is 0.728. The van der Waals surface area contributed by atoms with Gasteiger partial charge in [0, 0.05) is 10.9 Å². The van der Waals surface area contributed by atoms with Crippen LogP contribution in [0.1, 0.15) is 27.2 Å². The van der Waals surface area contributed by atoms with Gasteiger partial charge in [-0.25, -0.2) is 9.59 Å². The highest BCUT2D eigenvalue weighted by molar-refractivity contribution is 9.10. The van der Waals surface area contributed by atoms with Crippen LogP contribution in [0.15, 0.2) is 28.7 Å². The molecule has 0 aromatic heterocycles. The molecule has 2 unspecified atom stereocenters. The predicted octanol–water partition coefficient (Wildman–Crippen LogP) is 3.38. The summed E-state index contributed by atoms with van der Waals surface area (Å²) in [6, 6.07) is 6.71. The van der Waals surface area contributed by atoms with E-state index < -0.39 is 23.7 Å². The monoisotopic (exact) mass is 399 g/mol. The van der Waals surface area contributed by atoms with Crippen LogP contribution in [-0.4, -0.2) is 48.4 Å². The highest BCUT2D eigenvalue weighted by Crippen LogP contribution is 2.27. The maximum Gasteiger partial charge on any atom is 0.411 e. The van der Waals surface area contributed by atoms with Crippen LogP contribution in [0.25, 0.3) is 0 Å². The number of esters is 1. The van der Waals surface area contributed by atoms with Gasteiger partial charge >= 0.3 is 12.1 Å². The molecule has 0 aliphatic carbocycles. The van der Waals surface area contributed by atoms with E-state index in [1.54, 1.807) is 20.8 Å². The van der Waals surface area contributed by atoms with Gasteiger partial charge in [-0.1, -0.05) is 22.0 Å². The summed E-state index contributed by atoms with van der Waals surface area (Å²) in [7, 11) is 1.30. The summed E-state index contributed by atoms with van der Waals surface area (Å²) in [5, 5.41) is 0. The Hall–Kier alpha value is -1.76. The molecule has 1 heterocycles. The van der Waals surface area contributed by atoms with E-state index in [0.29, 0.717) is 12.2 Å². The normalized spacial score (nSPS) is 20.6. The zero-order valence-corrected chi connectivity index (χ0v) is 15.8. The first-order valence-electron chi connectivity index (χ1n) is 7.69. The van der Waals surface area contributed by atoms with Crippen LogP contribution < -0.4 is 4.74 Å². The van der Waals surface area contributed by atoms with E-state index >= 15 is 0 Å². The van der Waals surface area contributed by atoms with Crippen LogP contribution in [0, 0.1) is 0 Å². The Bertz CT molecular complexity index is 613. The number of halogens is 1. The average molecular weight is 400 g/mol. The molecule has 132 valence electrons. The largest absolute Gasteiger partial charge is 0.488 e. The van der Waals surface area contributed by atoms with E-state index in [9.17, 15) is 9.59 Å². The lowest BCUT2D eigenvalue weighted by atomic mass is 10.2. The number of rotatable bonds is 3. The first-order chi connectivity index (χ1) is 11.2. The number of benzene rings is 1. The predicted molar refractivity (Wildman–Crippen MR) is 91.9 cm³/mol. The molecule has 1 fully saturated rings. The van der Waals surface area contributed by atoms with Crippen LogP contribution in [0.3, 0.4) is 0 Å². The first-order valence-corrected chi connectivity index (χ1v) is 8.48. The van der Waals surface area contributed by atoms with Gasteiger partial charge < -0.3 is 14.2 Å². The van der Waals surface area contributed by atoms with Crippen LogP contribution in [-0.2, 0) is 14.3 Å². The average Bonchev–Trinajstić information content (AvgIpc) is 2.88. The molecule has 2 rings (SSSR count). The first kappa shape index (κ1) is 18.6. The van der Waals surface area contributed by atoms with E-state index in [0.717, 1.165) is 4.47 Å². The number of likely N-dealkylation sites (tertiary alicyclic amines) is 1. The fourth-order valence-electron chi connectivity index (χ4n) is 2.50. The number of hydrogen-bond donors (Lipinski definition) is 0. The molecular formula is C17H22BrNO5. The molecular weight excluding hydrogens is 378 g/mol. The van der Waals surface area contributed by atoms with Crippen molar-refractivity contribution in [1.29, 1.82) is 0 Å². The number of ether oxygens (including phenoxy) is 3. The maximum atomic E-state index is 12.4. The number of carbonyl (C=O) groups is 2. The van der Waals surface area contributed by atoms with Gasteiger partial charge in [-0.2, -0.15) is 0 Å². The molecule has 0 spiro atoms. The second kappa shape index (κ2) is 7.42. The van der Waals surface area contributed by atoms with Gasteiger partial charge in [0.05, 0.1) is 13.7 Å². The minimum absolute atomic E-state index is 0.265. The Morgan fingerprint density at radius 1 is 1.29 bits per heavy atom. The van der Waals surface area contributed by atoms with Crippen LogP contribution >= 0.6 is 15.9 Å². The van der Waals surface area contributed by atoms with Gasteiger partial charge in [0.25, 0.3) is 0 Å². The van der Waals surface area contributed by atoms with Crippen LogP contribution in [0.2, 0.25) is 0 Å². The summed E-state index contributed by atoms with van der Waals surface area (Å²) in [4.78, 5) is 25.8. The summed E-state index contributed by atoms with van der Waals surface area (Å²) in [5.41, 5.74) is -0.638. The Morgan fingerprint density at radius 2 is 2.00 bits per heavy atom. The Morgan fingerprint density at radius 3 is 2.58 bits per heavy atom. The minimum atomic E-state index is -0.706. The summed E-state index contributed by atoms with van der Waals surface area (Å²) in [5.74, 6) is 0.199. The maximum absolute atomic E-state index is 12.4.